The first-order valence-electron chi connectivity index (χ1n) is 9.72. The fraction of sp³-hybridized carbons (Fsp3) is 0.526. The highest BCUT2D eigenvalue weighted by atomic mass is 35.5. The van der Waals surface area contributed by atoms with E-state index in [2.05, 4.69) is 37.8 Å². The lowest BCUT2D eigenvalue weighted by Gasteiger charge is -2.44. The van der Waals surface area contributed by atoms with E-state index in [0.29, 0.717) is 29.2 Å². The maximum atomic E-state index is 6.14. The van der Waals surface area contributed by atoms with Crippen LogP contribution in [-0.4, -0.2) is 41.2 Å². The third-order valence-electron chi connectivity index (χ3n) is 6.04. The van der Waals surface area contributed by atoms with E-state index in [1.54, 1.807) is 0 Å². The lowest BCUT2D eigenvalue weighted by molar-refractivity contribution is 0.114. The van der Waals surface area contributed by atoms with Gasteiger partial charge in [-0.05, 0) is 38.2 Å². The zero-order valence-electron chi connectivity index (χ0n) is 15.2. The summed E-state index contributed by atoms with van der Waals surface area (Å²) in [7, 11) is 0. The number of hydrazine groups is 1. The lowest BCUT2D eigenvalue weighted by Crippen LogP contribution is -2.54. The number of likely N-dealkylation sites (tertiary alicyclic amines) is 1. The molecular formula is C19H25ClN6O. The van der Waals surface area contributed by atoms with Crippen molar-refractivity contribution < 1.29 is 4.74 Å². The van der Waals surface area contributed by atoms with Gasteiger partial charge in [-0.1, -0.05) is 11.6 Å². The summed E-state index contributed by atoms with van der Waals surface area (Å²) in [6, 6.07) is 5.11. The molecule has 5 rings (SSSR count). The van der Waals surface area contributed by atoms with Crippen LogP contribution in [0.1, 0.15) is 32.1 Å². The lowest BCUT2D eigenvalue weighted by atomic mass is 9.96. The minimum Gasteiger partial charge on any atom is -0.474 e. The number of halogens is 1. The molecule has 2 bridgehead atoms. The summed E-state index contributed by atoms with van der Waals surface area (Å²) in [6.45, 7) is 1.85. The van der Waals surface area contributed by atoms with Gasteiger partial charge in [-0.15, -0.1) is 0 Å². The van der Waals surface area contributed by atoms with E-state index in [1.807, 2.05) is 12.3 Å². The van der Waals surface area contributed by atoms with Crippen LogP contribution in [0.25, 0.3) is 0 Å². The van der Waals surface area contributed by atoms with Crippen molar-refractivity contribution in [1.82, 2.24) is 20.7 Å². The van der Waals surface area contributed by atoms with Gasteiger partial charge in [0.25, 0.3) is 0 Å². The number of aromatic nitrogens is 1. The van der Waals surface area contributed by atoms with E-state index in [4.69, 9.17) is 22.1 Å². The van der Waals surface area contributed by atoms with Crippen molar-refractivity contribution in [3.63, 3.8) is 0 Å². The molecule has 7 nitrogen and oxygen atoms in total. The Kier molecular flexibility index (Phi) is 4.19. The van der Waals surface area contributed by atoms with Gasteiger partial charge >= 0.3 is 0 Å². The molecule has 0 radical (unpaired) electrons. The molecule has 1 aromatic heterocycles. The smallest absolute Gasteiger partial charge is 0.215 e. The Morgan fingerprint density at radius 3 is 2.63 bits per heavy atom. The van der Waals surface area contributed by atoms with Crippen LogP contribution in [0.2, 0.25) is 0 Å². The average Bonchev–Trinajstić information content (AvgIpc) is 2.90. The molecule has 0 amide bonds. The highest BCUT2D eigenvalue weighted by Gasteiger charge is 2.41. The average molecular weight is 389 g/mol. The van der Waals surface area contributed by atoms with Crippen molar-refractivity contribution in [1.29, 1.82) is 0 Å². The van der Waals surface area contributed by atoms with Crippen molar-refractivity contribution in [2.24, 2.45) is 5.73 Å². The quantitative estimate of drug-likeness (QED) is 0.680. The maximum Gasteiger partial charge on any atom is 0.215 e. The molecule has 1 aromatic rings. The van der Waals surface area contributed by atoms with Crippen LogP contribution in [0.5, 0.6) is 5.88 Å². The summed E-state index contributed by atoms with van der Waals surface area (Å²) >= 11 is 6.12. The second kappa shape index (κ2) is 6.71. The first-order chi connectivity index (χ1) is 13.2. The molecule has 0 aromatic carbocycles. The number of nitrogens with zero attached hydrogens (tertiary/aromatic N) is 3. The van der Waals surface area contributed by atoms with E-state index < -0.39 is 0 Å². The molecule has 27 heavy (non-hydrogen) atoms. The summed E-state index contributed by atoms with van der Waals surface area (Å²) in [5, 5.41) is 0.556. The van der Waals surface area contributed by atoms with Crippen LogP contribution >= 0.6 is 11.6 Å². The summed E-state index contributed by atoms with van der Waals surface area (Å²) in [4.78, 5) is 9.30. The molecule has 8 heteroatoms. The number of nitrogens with two attached hydrogens (primary N) is 1. The topological polar surface area (TPSA) is 78.7 Å². The van der Waals surface area contributed by atoms with E-state index in [9.17, 15) is 0 Å². The Hall–Kier alpha value is -2.28. The van der Waals surface area contributed by atoms with Crippen LogP contribution in [0.15, 0.2) is 41.1 Å². The van der Waals surface area contributed by atoms with Gasteiger partial charge < -0.3 is 20.3 Å². The Morgan fingerprint density at radius 1 is 1.15 bits per heavy atom. The third-order valence-corrected chi connectivity index (χ3v) is 6.24. The van der Waals surface area contributed by atoms with E-state index in [1.165, 1.54) is 24.9 Å². The van der Waals surface area contributed by atoms with Gasteiger partial charge in [0.1, 0.15) is 17.1 Å². The Morgan fingerprint density at radius 2 is 1.93 bits per heavy atom. The van der Waals surface area contributed by atoms with Gasteiger partial charge in [-0.3, -0.25) is 10.9 Å². The number of anilines is 1. The highest BCUT2D eigenvalue weighted by Crippen LogP contribution is 2.37. The van der Waals surface area contributed by atoms with E-state index in [-0.39, 0.29) is 0 Å². The van der Waals surface area contributed by atoms with Gasteiger partial charge in [0.15, 0.2) is 0 Å². The molecule has 1 aliphatic carbocycles. The van der Waals surface area contributed by atoms with Crippen molar-refractivity contribution >= 4 is 17.3 Å². The van der Waals surface area contributed by atoms with Crippen LogP contribution in [0.4, 0.5) is 5.69 Å². The molecule has 4 aliphatic rings. The first kappa shape index (κ1) is 16.9. The molecule has 1 saturated carbocycles. The second-order valence-corrected chi connectivity index (χ2v) is 8.17. The number of hydrogen-bond acceptors (Lipinski definition) is 7. The standard InChI is InChI=1S/C19H25ClN6O/c20-17-9-16(19(21)24-23-17)25-10-13-4-5-14(11-25)26(13)12-6-7-22-18(8-12)27-15-2-1-3-15/h6-9,13-15,23-24H,1-5,10-11,21H2. The van der Waals surface area contributed by atoms with Crippen LogP contribution in [0, 0.1) is 0 Å². The zero-order chi connectivity index (χ0) is 18.4. The summed E-state index contributed by atoms with van der Waals surface area (Å²) in [6.07, 6.45) is 10.0. The maximum absolute atomic E-state index is 6.14. The van der Waals surface area contributed by atoms with E-state index in [0.717, 1.165) is 37.5 Å². The molecule has 4 heterocycles. The minimum absolute atomic E-state index is 0.347. The number of rotatable bonds is 4. The predicted molar refractivity (Wildman–Crippen MR) is 105 cm³/mol. The van der Waals surface area contributed by atoms with Gasteiger partial charge in [0.2, 0.25) is 5.88 Å². The number of nitrogens with one attached hydrogen (secondary N) is 2. The normalized spacial score (nSPS) is 27.7. The van der Waals surface area contributed by atoms with Gasteiger partial charge in [-0.2, -0.15) is 0 Å². The molecule has 3 aliphatic heterocycles. The van der Waals surface area contributed by atoms with Crippen LogP contribution in [0.3, 0.4) is 0 Å². The molecule has 144 valence electrons. The van der Waals surface area contributed by atoms with E-state index >= 15 is 0 Å². The summed E-state index contributed by atoms with van der Waals surface area (Å²) < 4.78 is 6.01. The van der Waals surface area contributed by atoms with Gasteiger partial charge in [0, 0.05) is 49.2 Å². The fourth-order valence-electron chi connectivity index (χ4n) is 4.49. The number of ether oxygens (including phenoxy) is 1. The molecule has 0 spiro atoms. The number of fused-ring (bicyclic) bond motifs is 2. The first-order valence-corrected chi connectivity index (χ1v) is 10.1. The Balaban J connectivity index is 1.34. The zero-order valence-corrected chi connectivity index (χ0v) is 16.0. The number of hydrogen-bond donors (Lipinski definition) is 3. The summed E-state index contributed by atoms with van der Waals surface area (Å²) in [5.41, 5.74) is 14.1. The summed E-state index contributed by atoms with van der Waals surface area (Å²) in [5.74, 6) is 1.37. The highest BCUT2D eigenvalue weighted by molar-refractivity contribution is 6.29. The monoisotopic (exact) mass is 388 g/mol. The van der Waals surface area contributed by atoms with Gasteiger partial charge in [0.05, 0.1) is 5.70 Å². The Labute approximate surface area is 164 Å². The number of piperazine rings is 1. The predicted octanol–water partition coefficient (Wildman–Crippen LogP) is 1.98. The molecule has 2 unspecified atom stereocenters. The van der Waals surface area contributed by atoms with Crippen molar-refractivity contribution in [2.45, 2.75) is 50.3 Å². The van der Waals surface area contributed by atoms with Crippen LogP contribution < -0.4 is 26.2 Å². The van der Waals surface area contributed by atoms with Crippen LogP contribution in [-0.2, 0) is 0 Å². The van der Waals surface area contributed by atoms with Gasteiger partial charge in [-0.25, -0.2) is 4.98 Å². The largest absolute Gasteiger partial charge is 0.474 e. The van der Waals surface area contributed by atoms with Crippen molar-refractivity contribution in [3.05, 3.63) is 41.1 Å². The molecule has 2 saturated heterocycles. The molecule has 3 fully saturated rings. The second-order valence-electron chi connectivity index (χ2n) is 7.76. The SMILES string of the molecule is NC1=C(N2CC3CCC(C2)N3c2ccnc(OC3CCC3)c2)C=C(Cl)NN1. The van der Waals surface area contributed by atoms with Crippen molar-refractivity contribution in [2.75, 3.05) is 18.0 Å². The molecular weight excluding hydrogens is 364 g/mol. The number of pyridine rings is 1. The minimum atomic E-state index is 0.347. The third kappa shape index (κ3) is 3.14. The van der Waals surface area contributed by atoms with Crippen molar-refractivity contribution in [3.8, 4) is 5.88 Å². The Bertz CT molecular complexity index is 778. The fourth-order valence-corrected chi connectivity index (χ4v) is 4.64. The molecule has 2 atom stereocenters. The number of allylic oxidation sites excluding steroid dienone is 1. The molecule has 4 N–H and O–H groups in total.